The van der Waals surface area contributed by atoms with Crippen molar-refractivity contribution >= 4 is 0 Å². The number of nitrogens with one attached hydrogen (secondary N) is 1. The highest BCUT2D eigenvalue weighted by Gasteiger charge is 2.24. The molecule has 0 rings (SSSR count). The van der Waals surface area contributed by atoms with Crippen LogP contribution in [0.25, 0.3) is 0 Å². The van der Waals surface area contributed by atoms with E-state index in [1.165, 1.54) is 6.42 Å². The number of nitrogens with zero attached hydrogens (tertiary/aromatic N) is 2. The highest BCUT2D eigenvalue weighted by atomic mass is 16.3. The number of aliphatic hydroxyl groups is 1. The van der Waals surface area contributed by atoms with E-state index in [2.05, 4.69) is 56.9 Å². The summed E-state index contributed by atoms with van der Waals surface area (Å²) in [6.45, 7) is 13.2. The van der Waals surface area contributed by atoms with Gasteiger partial charge in [-0.25, -0.2) is 0 Å². The smallest absolute Gasteiger partial charge is 0.0611 e. The molecule has 0 amide bonds. The van der Waals surface area contributed by atoms with Gasteiger partial charge in [-0.3, -0.25) is 0 Å². The molecule has 4 nitrogen and oxygen atoms in total. The second-order valence-corrected chi connectivity index (χ2v) is 6.36. The molecular weight excluding hydrogens is 238 g/mol. The zero-order valence-corrected chi connectivity index (χ0v) is 13.9. The first-order chi connectivity index (χ1) is 8.83. The van der Waals surface area contributed by atoms with Crippen LogP contribution in [0.5, 0.6) is 0 Å². The minimum absolute atomic E-state index is 0.164. The van der Waals surface area contributed by atoms with E-state index in [0.29, 0.717) is 6.04 Å². The van der Waals surface area contributed by atoms with Crippen molar-refractivity contribution < 1.29 is 5.11 Å². The maximum absolute atomic E-state index is 9.58. The largest absolute Gasteiger partial charge is 0.394 e. The number of hydrogen-bond donors (Lipinski definition) is 2. The van der Waals surface area contributed by atoms with Gasteiger partial charge in [0.05, 0.1) is 6.61 Å². The fourth-order valence-corrected chi connectivity index (χ4v) is 2.34. The highest BCUT2D eigenvalue weighted by Crippen LogP contribution is 2.11. The van der Waals surface area contributed by atoms with Gasteiger partial charge in [0.1, 0.15) is 0 Å². The predicted octanol–water partition coefficient (Wildman–Crippen LogP) is 1.40. The van der Waals surface area contributed by atoms with E-state index in [1.807, 2.05) is 0 Å². The Hall–Kier alpha value is -0.160. The summed E-state index contributed by atoms with van der Waals surface area (Å²) in [5, 5.41) is 13.1. The van der Waals surface area contributed by atoms with E-state index < -0.39 is 0 Å². The predicted molar refractivity (Wildman–Crippen MR) is 83.7 cm³/mol. The van der Waals surface area contributed by atoms with Crippen molar-refractivity contribution in [1.29, 1.82) is 0 Å². The van der Waals surface area contributed by atoms with Gasteiger partial charge in [0.15, 0.2) is 0 Å². The normalized spacial score (nSPS) is 15.5. The molecule has 0 spiro atoms. The van der Waals surface area contributed by atoms with E-state index in [4.69, 9.17) is 0 Å². The summed E-state index contributed by atoms with van der Waals surface area (Å²) in [4.78, 5) is 4.70. The second-order valence-electron chi connectivity index (χ2n) is 6.36. The van der Waals surface area contributed by atoms with Crippen LogP contribution in [0.15, 0.2) is 0 Å². The van der Waals surface area contributed by atoms with Gasteiger partial charge in [0.2, 0.25) is 0 Å². The van der Waals surface area contributed by atoms with Crippen LogP contribution in [-0.4, -0.2) is 73.4 Å². The van der Waals surface area contributed by atoms with Crippen molar-refractivity contribution in [2.24, 2.45) is 0 Å². The summed E-state index contributed by atoms with van der Waals surface area (Å²) in [6.07, 6.45) is 2.19. The monoisotopic (exact) mass is 273 g/mol. The van der Waals surface area contributed by atoms with Crippen LogP contribution in [-0.2, 0) is 0 Å². The van der Waals surface area contributed by atoms with Crippen LogP contribution in [0.1, 0.15) is 40.5 Å². The Balaban J connectivity index is 4.09. The summed E-state index contributed by atoms with van der Waals surface area (Å²) < 4.78 is 0. The molecule has 0 radical (unpaired) electrons. The Morgan fingerprint density at radius 3 is 2.21 bits per heavy atom. The summed E-state index contributed by atoms with van der Waals surface area (Å²) in [6, 6.07) is 0.404. The van der Waals surface area contributed by atoms with Crippen LogP contribution >= 0.6 is 0 Å². The minimum atomic E-state index is -0.164. The van der Waals surface area contributed by atoms with Gasteiger partial charge in [0, 0.05) is 11.6 Å². The molecule has 0 aromatic carbocycles. The Bertz CT molecular complexity index is 221. The third-order valence-electron chi connectivity index (χ3n) is 3.49. The molecule has 0 aliphatic rings. The third-order valence-corrected chi connectivity index (χ3v) is 3.49. The van der Waals surface area contributed by atoms with E-state index >= 15 is 0 Å². The van der Waals surface area contributed by atoms with E-state index in [-0.39, 0.29) is 12.1 Å². The molecule has 0 heterocycles. The lowest BCUT2D eigenvalue weighted by atomic mass is 9.97. The van der Waals surface area contributed by atoms with Crippen molar-refractivity contribution in [3.8, 4) is 0 Å². The van der Waals surface area contributed by atoms with Crippen molar-refractivity contribution in [1.82, 2.24) is 15.1 Å². The third kappa shape index (κ3) is 9.38. The molecule has 2 N–H and O–H groups in total. The van der Waals surface area contributed by atoms with Crippen LogP contribution in [0.3, 0.4) is 0 Å². The zero-order chi connectivity index (χ0) is 14.9. The van der Waals surface area contributed by atoms with Crippen molar-refractivity contribution in [2.45, 2.75) is 52.1 Å². The Morgan fingerprint density at radius 1 is 1.16 bits per heavy atom. The van der Waals surface area contributed by atoms with Crippen molar-refractivity contribution in [3.05, 3.63) is 0 Å². The summed E-state index contributed by atoms with van der Waals surface area (Å²) in [7, 11) is 4.23. The number of hydrogen-bond acceptors (Lipinski definition) is 4. The van der Waals surface area contributed by atoms with Crippen molar-refractivity contribution in [2.75, 3.05) is 46.9 Å². The maximum atomic E-state index is 9.58. The lowest BCUT2D eigenvalue weighted by Gasteiger charge is -2.33. The first kappa shape index (κ1) is 18.8. The molecule has 1 atom stereocenters. The van der Waals surface area contributed by atoms with Gasteiger partial charge < -0.3 is 20.2 Å². The van der Waals surface area contributed by atoms with Crippen LogP contribution in [0.4, 0.5) is 0 Å². The summed E-state index contributed by atoms with van der Waals surface area (Å²) >= 11 is 0. The molecule has 116 valence electrons. The molecule has 0 aliphatic carbocycles. The molecule has 0 aromatic heterocycles. The van der Waals surface area contributed by atoms with E-state index in [9.17, 15) is 5.11 Å². The maximum Gasteiger partial charge on any atom is 0.0611 e. The Labute approximate surface area is 120 Å². The van der Waals surface area contributed by atoms with Crippen molar-refractivity contribution in [3.63, 3.8) is 0 Å². The SMILES string of the molecule is CCN(CCCN(C)C)CCC(C)(CO)NC(C)C. The van der Waals surface area contributed by atoms with Gasteiger partial charge in [0.25, 0.3) is 0 Å². The lowest BCUT2D eigenvalue weighted by Crippen LogP contribution is -2.51. The number of rotatable bonds is 11. The summed E-state index contributed by atoms with van der Waals surface area (Å²) in [5.41, 5.74) is -0.164. The quantitative estimate of drug-likeness (QED) is 0.597. The average Bonchev–Trinajstić information content (AvgIpc) is 2.32. The molecule has 0 fully saturated rings. The average molecular weight is 273 g/mol. The first-order valence-corrected chi connectivity index (χ1v) is 7.58. The summed E-state index contributed by atoms with van der Waals surface area (Å²) in [5.74, 6) is 0. The van der Waals surface area contributed by atoms with Crippen LogP contribution < -0.4 is 5.32 Å². The molecule has 1 unspecified atom stereocenters. The van der Waals surface area contributed by atoms with Crippen LogP contribution in [0.2, 0.25) is 0 Å². The molecule has 0 bridgehead atoms. The topological polar surface area (TPSA) is 38.7 Å². The van der Waals surface area contributed by atoms with Gasteiger partial charge >= 0.3 is 0 Å². The molecule has 0 saturated heterocycles. The molecule has 0 aromatic rings. The second kappa shape index (κ2) is 9.70. The van der Waals surface area contributed by atoms with E-state index in [1.54, 1.807) is 0 Å². The van der Waals surface area contributed by atoms with E-state index in [0.717, 1.165) is 32.6 Å². The zero-order valence-electron chi connectivity index (χ0n) is 13.9. The fourth-order valence-electron chi connectivity index (χ4n) is 2.34. The minimum Gasteiger partial charge on any atom is -0.394 e. The van der Waals surface area contributed by atoms with Gasteiger partial charge in [-0.2, -0.15) is 0 Å². The fraction of sp³-hybridized carbons (Fsp3) is 1.00. The molecule has 0 aliphatic heterocycles. The van der Waals surface area contributed by atoms with Gasteiger partial charge in [-0.05, 0) is 60.0 Å². The Kier molecular flexibility index (Phi) is 9.62. The standard InChI is InChI=1S/C15H35N3O/c1-7-18(11-8-10-17(5)6)12-9-15(4,13-19)16-14(2)3/h14,16,19H,7-13H2,1-6H3. The number of aliphatic hydroxyl groups excluding tert-OH is 1. The molecule has 0 saturated carbocycles. The molecule has 19 heavy (non-hydrogen) atoms. The Morgan fingerprint density at radius 2 is 1.79 bits per heavy atom. The first-order valence-electron chi connectivity index (χ1n) is 7.58. The highest BCUT2D eigenvalue weighted by molar-refractivity contribution is 4.85. The molecular formula is C15H35N3O. The van der Waals surface area contributed by atoms with Crippen LogP contribution in [0, 0.1) is 0 Å². The molecule has 4 heteroatoms. The lowest BCUT2D eigenvalue weighted by molar-refractivity contribution is 0.138. The van der Waals surface area contributed by atoms with Gasteiger partial charge in [-0.15, -0.1) is 0 Å². The van der Waals surface area contributed by atoms with Gasteiger partial charge in [-0.1, -0.05) is 20.8 Å².